The molecule has 30 heavy (non-hydrogen) atoms. The van der Waals surface area contributed by atoms with Gasteiger partial charge in [0.1, 0.15) is 0 Å². The SMILES string of the molecule is Cn1cc(Nc2ncc(-c3ccc(CC(=O)NCc4cccnc4)cc3)cn2)cn1. The molecule has 3 heterocycles. The fourth-order valence-electron chi connectivity index (χ4n) is 2.92. The van der Waals surface area contributed by atoms with Crippen LogP contribution < -0.4 is 10.6 Å². The highest BCUT2D eigenvalue weighted by atomic mass is 16.1. The van der Waals surface area contributed by atoms with Crippen molar-refractivity contribution in [1.82, 2.24) is 30.0 Å². The van der Waals surface area contributed by atoms with Crippen LogP contribution in [0, 0.1) is 0 Å². The van der Waals surface area contributed by atoms with Crippen LogP contribution in [-0.2, 0) is 24.8 Å². The van der Waals surface area contributed by atoms with Crippen molar-refractivity contribution in [1.29, 1.82) is 0 Å². The number of hydrogen-bond donors (Lipinski definition) is 2. The van der Waals surface area contributed by atoms with Gasteiger partial charge in [0.05, 0.1) is 18.3 Å². The normalized spacial score (nSPS) is 10.6. The van der Waals surface area contributed by atoms with Gasteiger partial charge in [0.15, 0.2) is 0 Å². The quantitative estimate of drug-likeness (QED) is 0.496. The van der Waals surface area contributed by atoms with Crippen LogP contribution in [0.5, 0.6) is 0 Å². The average molecular weight is 399 g/mol. The van der Waals surface area contributed by atoms with Crippen molar-refractivity contribution in [2.24, 2.45) is 7.05 Å². The van der Waals surface area contributed by atoms with Crippen LogP contribution in [0.3, 0.4) is 0 Å². The molecule has 4 aromatic rings. The zero-order valence-electron chi connectivity index (χ0n) is 16.5. The first kappa shape index (κ1) is 19.3. The van der Waals surface area contributed by atoms with Crippen LogP contribution >= 0.6 is 0 Å². The Balaban J connectivity index is 1.33. The highest BCUT2D eigenvalue weighted by Crippen LogP contribution is 2.20. The summed E-state index contributed by atoms with van der Waals surface area (Å²) in [6, 6.07) is 11.6. The van der Waals surface area contributed by atoms with Crippen molar-refractivity contribution < 1.29 is 4.79 Å². The number of pyridine rings is 1. The minimum absolute atomic E-state index is 0.0271. The van der Waals surface area contributed by atoms with E-state index in [2.05, 4.69) is 30.7 Å². The Kier molecular flexibility index (Phi) is 5.75. The topological polar surface area (TPSA) is 97.6 Å². The summed E-state index contributed by atoms with van der Waals surface area (Å²) in [4.78, 5) is 24.9. The Morgan fingerprint density at radius 2 is 1.77 bits per heavy atom. The summed E-state index contributed by atoms with van der Waals surface area (Å²) < 4.78 is 1.71. The summed E-state index contributed by atoms with van der Waals surface area (Å²) >= 11 is 0. The number of aryl methyl sites for hydroxylation is 1. The van der Waals surface area contributed by atoms with E-state index in [1.165, 1.54) is 0 Å². The maximum atomic E-state index is 12.2. The molecule has 1 aromatic carbocycles. The number of nitrogens with one attached hydrogen (secondary N) is 2. The molecule has 3 aromatic heterocycles. The van der Waals surface area contributed by atoms with E-state index in [0.29, 0.717) is 18.9 Å². The molecular weight excluding hydrogens is 378 g/mol. The standard InChI is InChI=1S/C22H21N7O/c1-29-15-20(14-27-29)28-22-25-12-19(13-26-22)18-6-4-16(5-7-18)9-21(30)24-11-17-3-2-8-23-10-17/h2-8,10,12-15H,9,11H2,1H3,(H,24,30)(H,25,26,28). The molecular formula is C22H21N7O. The molecule has 8 heteroatoms. The van der Waals surface area contributed by atoms with E-state index in [-0.39, 0.29) is 5.91 Å². The second kappa shape index (κ2) is 8.95. The number of nitrogens with zero attached hydrogens (tertiary/aromatic N) is 5. The summed E-state index contributed by atoms with van der Waals surface area (Å²) in [7, 11) is 1.85. The van der Waals surface area contributed by atoms with Gasteiger partial charge in [-0.25, -0.2) is 9.97 Å². The molecule has 0 unspecified atom stereocenters. The predicted molar refractivity (Wildman–Crippen MR) is 114 cm³/mol. The van der Waals surface area contributed by atoms with Gasteiger partial charge in [0, 0.05) is 50.1 Å². The van der Waals surface area contributed by atoms with Gasteiger partial charge in [0.25, 0.3) is 0 Å². The van der Waals surface area contributed by atoms with Crippen molar-refractivity contribution in [2.75, 3.05) is 5.32 Å². The average Bonchev–Trinajstić information content (AvgIpc) is 3.19. The Morgan fingerprint density at radius 3 is 2.43 bits per heavy atom. The minimum Gasteiger partial charge on any atom is -0.352 e. The summed E-state index contributed by atoms with van der Waals surface area (Å²) in [6.45, 7) is 0.474. The third-order valence-electron chi connectivity index (χ3n) is 4.48. The van der Waals surface area contributed by atoms with Crippen LogP contribution in [0.25, 0.3) is 11.1 Å². The Hall–Kier alpha value is -4.07. The molecule has 0 saturated carbocycles. The second-order valence-electron chi connectivity index (χ2n) is 6.83. The van der Waals surface area contributed by atoms with E-state index >= 15 is 0 Å². The number of carbonyl (C=O) groups excluding carboxylic acids is 1. The lowest BCUT2D eigenvalue weighted by atomic mass is 10.1. The fourth-order valence-corrected chi connectivity index (χ4v) is 2.92. The number of hydrogen-bond acceptors (Lipinski definition) is 6. The number of rotatable bonds is 7. The van der Waals surface area contributed by atoms with Gasteiger partial charge < -0.3 is 10.6 Å². The van der Waals surface area contributed by atoms with Crippen LogP contribution in [0.1, 0.15) is 11.1 Å². The number of amides is 1. The molecule has 0 atom stereocenters. The van der Waals surface area contributed by atoms with Gasteiger partial charge in [-0.1, -0.05) is 30.3 Å². The lowest BCUT2D eigenvalue weighted by molar-refractivity contribution is -0.120. The lowest BCUT2D eigenvalue weighted by Crippen LogP contribution is -2.24. The molecule has 150 valence electrons. The molecule has 0 aliphatic heterocycles. The van der Waals surface area contributed by atoms with Crippen molar-refractivity contribution in [3.63, 3.8) is 0 Å². The summed E-state index contributed by atoms with van der Waals surface area (Å²) in [5, 5.41) is 10.1. The summed E-state index contributed by atoms with van der Waals surface area (Å²) in [5.41, 5.74) is 4.64. The zero-order chi connectivity index (χ0) is 20.8. The van der Waals surface area contributed by atoms with Gasteiger partial charge in [-0.15, -0.1) is 0 Å². The molecule has 0 aliphatic carbocycles. The van der Waals surface area contributed by atoms with Gasteiger partial charge in [0.2, 0.25) is 11.9 Å². The minimum atomic E-state index is -0.0271. The van der Waals surface area contributed by atoms with E-state index in [0.717, 1.165) is 27.9 Å². The van der Waals surface area contributed by atoms with Gasteiger partial charge in [-0.05, 0) is 22.8 Å². The van der Waals surface area contributed by atoms with E-state index in [9.17, 15) is 4.79 Å². The highest BCUT2D eigenvalue weighted by molar-refractivity contribution is 5.78. The number of carbonyl (C=O) groups is 1. The maximum Gasteiger partial charge on any atom is 0.227 e. The molecule has 0 bridgehead atoms. The van der Waals surface area contributed by atoms with Crippen molar-refractivity contribution in [3.05, 3.63) is 84.7 Å². The Labute approximate surface area is 174 Å². The van der Waals surface area contributed by atoms with E-state index in [4.69, 9.17) is 0 Å². The molecule has 0 fully saturated rings. The molecule has 0 aliphatic rings. The molecule has 0 radical (unpaired) electrons. The zero-order valence-corrected chi connectivity index (χ0v) is 16.5. The third-order valence-corrected chi connectivity index (χ3v) is 4.48. The smallest absolute Gasteiger partial charge is 0.227 e. The van der Waals surface area contributed by atoms with E-state index in [1.54, 1.807) is 35.7 Å². The number of benzene rings is 1. The molecule has 4 rings (SSSR count). The van der Waals surface area contributed by atoms with Crippen molar-refractivity contribution >= 4 is 17.5 Å². The molecule has 0 saturated heterocycles. The van der Waals surface area contributed by atoms with E-state index < -0.39 is 0 Å². The first-order chi connectivity index (χ1) is 14.7. The van der Waals surface area contributed by atoms with Crippen molar-refractivity contribution in [3.8, 4) is 11.1 Å². The number of aromatic nitrogens is 5. The fraction of sp³-hybridized carbons (Fsp3) is 0.136. The van der Waals surface area contributed by atoms with Gasteiger partial charge in [-0.2, -0.15) is 5.10 Å². The van der Waals surface area contributed by atoms with Crippen molar-refractivity contribution in [2.45, 2.75) is 13.0 Å². The Morgan fingerprint density at radius 1 is 0.967 bits per heavy atom. The van der Waals surface area contributed by atoms with Crippen LogP contribution in [0.2, 0.25) is 0 Å². The summed E-state index contributed by atoms with van der Waals surface area (Å²) in [6.07, 6.45) is 10.9. The van der Waals surface area contributed by atoms with Crippen LogP contribution in [-0.4, -0.2) is 30.6 Å². The highest BCUT2D eigenvalue weighted by Gasteiger charge is 2.06. The summed E-state index contributed by atoms with van der Waals surface area (Å²) in [5.74, 6) is 0.481. The van der Waals surface area contributed by atoms with Crippen LogP contribution in [0.4, 0.5) is 11.6 Å². The molecule has 2 N–H and O–H groups in total. The molecule has 8 nitrogen and oxygen atoms in total. The number of anilines is 2. The Bertz CT molecular complexity index is 1110. The largest absolute Gasteiger partial charge is 0.352 e. The van der Waals surface area contributed by atoms with E-state index in [1.807, 2.05) is 49.6 Å². The second-order valence-corrected chi connectivity index (χ2v) is 6.83. The monoisotopic (exact) mass is 399 g/mol. The van der Waals surface area contributed by atoms with Gasteiger partial charge in [-0.3, -0.25) is 14.5 Å². The first-order valence-corrected chi connectivity index (χ1v) is 9.48. The lowest BCUT2D eigenvalue weighted by Gasteiger charge is -2.07. The van der Waals surface area contributed by atoms with Gasteiger partial charge >= 0.3 is 0 Å². The first-order valence-electron chi connectivity index (χ1n) is 9.48. The van der Waals surface area contributed by atoms with Crippen LogP contribution in [0.15, 0.2) is 73.6 Å². The molecule has 0 spiro atoms. The molecule has 1 amide bonds. The maximum absolute atomic E-state index is 12.2. The third kappa shape index (κ3) is 5.05. The predicted octanol–water partition coefficient (Wildman–Crippen LogP) is 2.87.